The quantitative estimate of drug-likeness (QED) is 0.658. The molecule has 0 fully saturated rings. The molecule has 0 unspecified atom stereocenters. The maximum absolute atomic E-state index is 10.6. The minimum absolute atomic E-state index is 0.210. The molecule has 0 aliphatic carbocycles. The summed E-state index contributed by atoms with van der Waals surface area (Å²) in [5.74, 6) is 1.47. The van der Waals surface area contributed by atoms with Gasteiger partial charge in [0, 0.05) is 6.07 Å². The first kappa shape index (κ1) is 8.28. The van der Waals surface area contributed by atoms with Crippen LogP contribution in [0.25, 0.3) is 10.9 Å². The molecule has 15 heavy (non-hydrogen) atoms. The van der Waals surface area contributed by atoms with Crippen molar-refractivity contribution in [3.05, 3.63) is 17.9 Å². The summed E-state index contributed by atoms with van der Waals surface area (Å²) in [4.78, 5) is 10.6. The second kappa shape index (κ2) is 2.98. The number of benzene rings is 1. The third-order valence-corrected chi connectivity index (χ3v) is 2.28. The summed E-state index contributed by atoms with van der Waals surface area (Å²) in [6, 6.07) is 3.42. The van der Waals surface area contributed by atoms with Gasteiger partial charge in [-0.15, -0.1) is 0 Å². The Morgan fingerprint density at radius 3 is 2.67 bits per heavy atom. The molecular weight excluding hydrogens is 198 g/mol. The number of aromatic nitrogens is 1. The number of ether oxygens (including phenoxy) is 2. The van der Waals surface area contributed by atoms with E-state index >= 15 is 0 Å². The maximum Gasteiger partial charge on any atom is 0.207 e. The standard InChI is InChI=1S/C10H7NO4/c12-5-10-6-3-8-9(14-2-1-13-8)4-7(6)11-15-10/h3-5H,1-2H2. The predicted molar refractivity (Wildman–Crippen MR) is 50.4 cm³/mol. The summed E-state index contributed by atoms with van der Waals surface area (Å²) in [6.07, 6.45) is 0.630. The molecule has 0 N–H and O–H groups in total. The van der Waals surface area contributed by atoms with E-state index in [2.05, 4.69) is 5.16 Å². The second-order valence-corrected chi connectivity index (χ2v) is 3.18. The van der Waals surface area contributed by atoms with Crippen LogP contribution in [-0.4, -0.2) is 24.7 Å². The van der Waals surface area contributed by atoms with Crippen molar-refractivity contribution in [1.82, 2.24) is 5.16 Å². The topological polar surface area (TPSA) is 61.6 Å². The van der Waals surface area contributed by atoms with E-state index in [1.165, 1.54) is 0 Å². The number of hydrogen-bond acceptors (Lipinski definition) is 5. The third kappa shape index (κ3) is 1.16. The zero-order chi connectivity index (χ0) is 10.3. The van der Waals surface area contributed by atoms with Crippen molar-refractivity contribution in [2.75, 3.05) is 13.2 Å². The molecule has 2 heterocycles. The van der Waals surface area contributed by atoms with Crippen molar-refractivity contribution < 1.29 is 18.8 Å². The molecule has 1 aromatic heterocycles. The van der Waals surface area contributed by atoms with Crippen molar-refractivity contribution in [3.63, 3.8) is 0 Å². The average Bonchev–Trinajstić information content (AvgIpc) is 2.68. The van der Waals surface area contributed by atoms with Gasteiger partial charge >= 0.3 is 0 Å². The number of fused-ring (bicyclic) bond motifs is 2. The van der Waals surface area contributed by atoms with E-state index in [0.717, 1.165) is 0 Å². The van der Waals surface area contributed by atoms with Crippen molar-refractivity contribution in [2.45, 2.75) is 0 Å². The molecule has 1 aliphatic rings. The van der Waals surface area contributed by atoms with Crippen LogP contribution in [0.5, 0.6) is 11.5 Å². The number of nitrogens with zero attached hydrogens (tertiary/aromatic N) is 1. The second-order valence-electron chi connectivity index (χ2n) is 3.18. The lowest BCUT2D eigenvalue weighted by Crippen LogP contribution is -2.15. The van der Waals surface area contributed by atoms with Crippen molar-refractivity contribution >= 4 is 17.2 Å². The van der Waals surface area contributed by atoms with E-state index in [-0.39, 0.29) is 5.76 Å². The highest BCUT2D eigenvalue weighted by Gasteiger charge is 2.16. The highest BCUT2D eigenvalue weighted by atomic mass is 16.6. The van der Waals surface area contributed by atoms with Gasteiger partial charge in [-0.1, -0.05) is 5.16 Å². The first-order valence-electron chi connectivity index (χ1n) is 4.52. The summed E-state index contributed by atoms with van der Waals surface area (Å²) < 4.78 is 15.6. The summed E-state index contributed by atoms with van der Waals surface area (Å²) in [5.41, 5.74) is 0.598. The molecule has 0 saturated heterocycles. The van der Waals surface area contributed by atoms with Crippen LogP contribution in [0.1, 0.15) is 10.6 Å². The van der Waals surface area contributed by atoms with E-state index in [1.807, 2.05) is 0 Å². The van der Waals surface area contributed by atoms with Gasteiger partial charge in [0.2, 0.25) is 5.76 Å². The lowest BCUT2D eigenvalue weighted by Gasteiger charge is -2.17. The Morgan fingerprint density at radius 2 is 1.93 bits per heavy atom. The van der Waals surface area contributed by atoms with Crippen LogP contribution < -0.4 is 9.47 Å². The number of carbonyl (C=O) groups is 1. The van der Waals surface area contributed by atoms with E-state index < -0.39 is 0 Å². The fourth-order valence-corrected chi connectivity index (χ4v) is 1.58. The zero-order valence-corrected chi connectivity index (χ0v) is 7.73. The monoisotopic (exact) mass is 205 g/mol. The van der Waals surface area contributed by atoms with E-state index in [1.54, 1.807) is 12.1 Å². The number of aldehydes is 1. The summed E-state index contributed by atoms with van der Waals surface area (Å²) in [7, 11) is 0. The highest BCUT2D eigenvalue weighted by Crippen LogP contribution is 2.34. The van der Waals surface area contributed by atoms with E-state index in [0.29, 0.717) is 41.9 Å². The van der Waals surface area contributed by atoms with Gasteiger partial charge in [-0.2, -0.15) is 0 Å². The van der Waals surface area contributed by atoms with Gasteiger partial charge in [-0.3, -0.25) is 4.79 Å². The molecule has 0 saturated carbocycles. The molecule has 0 bridgehead atoms. The van der Waals surface area contributed by atoms with Gasteiger partial charge in [-0.25, -0.2) is 0 Å². The van der Waals surface area contributed by atoms with Gasteiger partial charge in [0.05, 0.1) is 5.39 Å². The Balaban J connectivity index is 2.28. The largest absolute Gasteiger partial charge is 0.486 e. The molecule has 1 aliphatic heterocycles. The first-order valence-corrected chi connectivity index (χ1v) is 4.52. The van der Waals surface area contributed by atoms with Gasteiger partial charge in [-0.05, 0) is 6.07 Å². The van der Waals surface area contributed by atoms with Gasteiger partial charge in [0.1, 0.15) is 18.7 Å². The molecule has 0 radical (unpaired) electrons. The molecule has 2 aromatic rings. The number of carbonyl (C=O) groups excluding carboxylic acids is 1. The number of hydrogen-bond donors (Lipinski definition) is 0. The smallest absolute Gasteiger partial charge is 0.207 e. The molecule has 5 heteroatoms. The van der Waals surface area contributed by atoms with E-state index in [9.17, 15) is 4.79 Å². The minimum Gasteiger partial charge on any atom is -0.486 e. The predicted octanol–water partition coefficient (Wildman–Crippen LogP) is 1.41. The van der Waals surface area contributed by atoms with Crippen LogP contribution in [0, 0.1) is 0 Å². The van der Waals surface area contributed by atoms with Crippen LogP contribution in [0.15, 0.2) is 16.7 Å². The van der Waals surface area contributed by atoms with Crippen LogP contribution in [0.2, 0.25) is 0 Å². The fourth-order valence-electron chi connectivity index (χ4n) is 1.58. The van der Waals surface area contributed by atoms with Crippen LogP contribution in [0.3, 0.4) is 0 Å². The Hall–Kier alpha value is -2.04. The molecule has 0 amide bonds. The third-order valence-electron chi connectivity index (χ3n) is 2.28. The fraction of sp³-hybridized carbons (Fsp3) is 0.200. The maximum atomic E-state index is 10.6. The Kier molecular flexibility index (Phi) is 1.65. The lowest BCUT2D eigenvalue weighted by molar-refractivity contribution is 0.109. The number of rotatable bonds is 1. The summed E-state index contributed by atoms with van der Waals surface area (Å²) in [6.45, 7) is 1.04. The van der Waals surface area contributed by atoms with Gasteiger partial charge in [0.25, 0.3) is 0 Å². The molecule has 3 rings (SSSR count). The van der Waals surface area contributed by atoms with Gasteiger partial charge in [0.15, 0.2) is 17.8 Å². The molecule has 0 spiro atoms. The van der Waals surface area contributed by atoms with Crippen LogP contribution in [-0.2, 0) is 0 Å². The highest BCUT2D eigenvalue weighted by molar-refractivity contribution is 5.95. The summed E-state index contributed by atoms with van der Waals surface area (Å²) in [5, 5.41) is 4.40. The normalized spacial score (nSPS) is 14.1. The Labute approximate surface area is 84.6 Å². The van der Waals surface area contributed by atoms with Crippen molar-refractivity contribution in [2.24, 2.45) is 0 Å². The van der Waals surface area contributed by atoms with Crippen molar-refractivity contribution in [1.29, 1.82) is 0 Å². The van der Waals surface area contributed by atoms with Crippen molar-refractivity contribution in [3.8, 4) is 11.5 Å². The summed E-state index contributed by atoms with van der Waals surface area (Å²) >= 11 is 0. The SMILES string of the molecule is O=Cc1onc2cc3c(cc12)OCCO3. The molecule has 0 atom stereocenters. The van der Waals surface area contributed by atoms with E-state index in [4.69, 9.17) is 14.0 Å². The average molecular weight is 205 g/mol. The minimum atomic E-state index is 0.210. The van der Waals surface area contributed by atoms with Crippen LogP contribution >= 0.6 is 0 Å². The van der Waals surface area contributed by atoms with Crippen LogP contribution in [0.4, 0.5) is 0 Å². The Bertz CT molecular complexity index is 531. The lowest BCUT2D eigenvalue weighted by atomic mass is 10.2. The molecular formula is C10H7NO4. The Morgan fingerprint density at radius 1 is 1.20 bits per heavy atom. The van der Waals surface area contributed by atoms with Gasteiger partial charge < -0.3 is 14.0 Å². The zero-order valence-electron chi connectivity index (χ0n) is 7.73. The molecule has 76 valence electrons. The molecule has 5 nitrogen and oxygen atoms in total. The first-order chi connectivity index (χ1) is 7.38. The molecule has 1 aromatic carbocycles.